The molecule has 0 atom stereocenters. The van der Waals surface area contributed by atoms with Gasteiger partial charge < -0.3 is 0 Å². The second-order valence-electron chi connectivity index (χ2n) is 3.54. The molecule has 0 aliphatic rings. The Labute approximate surface area is 108 Å². The molecular weight excluding hydrogens is 287 g/mol. The molecule has 0 aliphatic carbocycles. The zero-order valence-electron chi connectivity index (χ0n) is 9.06. The fraction of sp³-hybridized carbons (Fsp3) is 0.143. The van der Waals surface area contributed by atoms with Gasteiger partial charge in [-0.1, -0.05) is 67.6 Å². The Morgan fingerprint density at radius 2 is 1.00 bits per heavy atom. The molecule has 0 fully saturated rings. The first kappa shape index (κ1) is 12.3. The number of hydrogen-bond acceptors (Lipinski definition) is 0. The molecule has 2 aromatic carbocycles. The van der Waals surface area contributed by atoms with Crippen molar-refractivity contribution in [1.29, 1.82) is 0 Å². The summed E-state index contributed by atoms with van der Waals surface area (Å²) in [5.41, 5.74) is 2.75. The molecular formula is C14H16Sn. The summed E-state index contributed by atoms with van der Waals surface area (Å²) in [5.74, 6) is 0.484. The molecule has 15 heavy (non-hydrogen) atoms. The van der Waals surface area contributed by atoms with Gasteiger partial charge in [0.05, 0.1) is 0 Å². The van der Waals surface area contributed by atoms with Gasteiger partial charge in [-0.2, -0.15) is 0 Å². The number of hydrogen-bond donors (Lipinski definition) is 0. The Hall–Kier alpha value is -0.761. The standard InChI is InChI=1S/C14H14.Sn.2H/c1-12(13-8-4-2-5-9-13)14-10-6-3-7-11-14;;;/h2-12H,1H3;;;. The molecule has 0 bridgehead atoms. The molecule has 76 valence electrons. The van der Waals surface area contributed by atoms with Crippen molar-refractivity contribution < 1.29 is 0 Å². The summed E-state index contributed by atoms with van der Waals surface area (Å²) in [6.07, 6.45) is 0. The second kappa shape index (κ2) is 5.96. The molecule has 0 saturated carbocycles. The van der Waals surface area contributed by atoms with Crippen LogP contribution in [0.4, 0.5) is 0 Å². The van der Waals surface area contributed by atoms with E-state index in [2.05, 4.69) is 67.6 Å². The molecule has 0 nitrogen and oxygen atoms in total. The van der Waals surface area contributed by atoms with Gasteiger partial charge in [0.2, 0.25) is 0 Å². The van der Waals surface area contributed by atoms with Crippen molar-refractivity contribution in [3.8, 4) is 0 Å². The van der Waals surface area contributed by atoms with E-state index in [9.17, 15) is 0 Å². The van der Waals surface area contributed by atoms with Gasteiger partial charge in [0, 0.05) is 5.92 Å². The van der Waals surface area contributed by atoms with Crippen molar-refractivity contribution in [1.82, 2.24) is 0 Å². The van der Waals surface area contributed by atoms with E-state index in [0.717, 1.165) is 0 Å². The second-order valence-corrected chi connectivity index (χ2v) is 3.54. The average molecular weight is 303 g/mol. The molecule has 2 rings (SSSR count). The van der Waals surface area contributed by atoms with E-state index >= 15 is 0 Å². The normalized spacial score (nSPS) is 9.73. The zero-order chi connectivity index (χ0) is 9.80. The van der Waals surface area contributed by atoms with Gasteiger partial charge >= 0.3 is 23.9 Å². The van der Waals surface area contributed by atoms with Crippen molar-refractivity contribution in [2.24, 2.45) is 0 Å². The average Bonchev–Trinajstić information content (AvgIpc) is 2.30. The van der Waals surface area contributed by atoms with Crippen molar-refractivity contribution in [3.05, 3.63) is 71.8 Å². The Morgan fingerprint density at radius 1 is 0.667 bits per heavy atom. The van der Waals surface area contributed by atoms with Crippen LogP contribution in [0.2, 0.25) is 0 Å². The van der Waals surface area contributed by atoms with E-state index in [1.54, 1.807) is 0 Å². The maximum atomic E-state index is 2.24. The summed E-state index contributed by atoms with van der Waals surface area (Å²) < 4.78 is 0. The molecule has 0 N–H and O–H groups in total. The number of rotatable bonds is 2. The van der Waals surface area contributed by atoms with Gasteiger partial charge in [-0.05, 0) is 11.1 Å². The van der Waals surface area contributed by atoms with Crippen molar-refractivity contribution in [2.75, 3.05) is 0 Å². The third-order valence-electron chi connectivity index (χ3n) is 2.60. The van der Waals surface area contributed by atoms with Crippen LogP contribution < -0.4 is 0 Å². The SMILES string of the molecule is CC(c1ccccc1)c1ccccc1.[SnH2]. The molecule has 0 unspecified atom stereocenters. The van der Waals surface area contributed by atoms with Crippen molar-refractivity contribution in [2.45, 2.75) is 12.8 Å². The molecule has 1 heteroatoms. The van der Waals surface area contributed by atoms with E-state index in [0.29, 0.717) is 5.92 Å². The molecule has 0 saturated heterocycles. The first-order chi connectivity index (χ1) is 6.88. The zero-order valence-corrected chi connectivity index (χ0v) is 13.1. The predicted octanol–water partition coefficient (Wildman–Crippen LogP) is 2.92. The molecule has 0 aromatic heterocycles. The van der Waals surface area contributed by atoms with Crippen LogP contribution in [-0.2, 0) is 0 Å². The summed E-state index contributed by atoms with van der Waals surface area (Å²) >= 11 is 0. The van der Waals surface area contributed by atoms with Crippen LogP contribution in [0, 0.1) is 0 Å². The number of benzene rings is 2. The van der Waals surface area contributed by atoms with E-state index in [4.69, 9.17) is 0 Å². The van der Waals surface area contributed by atoms with E-state index < -0.39 is 0 Å². The Bertz CT molecular complexity index is 341. The predicted molar refractivity (Wildman–Crippen MR) is 68.9 cm³/mol. The first-order valence-electron chi connectivity index (χ1n) is 4.98. The molecule has 2 aromatic rings. The van der Waals surface area contributed by atoms with Gasteiger partial charge in [0.15, 0.2) is 0 Å². The molecule has 0 heterocycles. The van der Waals surface area contributed by atoms with Crippen LogP contribution in [0.3, 0.4) is 0 Å². The minimum atomic E-state index is 0. The van der Waals surface area contributed by atoms with Gasteiger partial charge in [0.25, 0.3) is 0 Å². The van der Waals surface area contributed by atoms with Crippen LogP contribution in [0.15, 0.2) is 60.7 Å². The van der Waals surface area contributed by atoms with E-state index in [1.165, 1.54) is 11.1 Å². The van der Waals surface area contributed by atoms with Gasteiger partial charge in [-0.3, -0.25) is 0 Å². The Kier molecular flexibility index (Phi) is 4.89. The maximum absolute atomic E-state index is 2.24. The van der Waals surface area contributed by atoms with Gasteiger partial charge in [0.1, 0.15) is 0 Å². The van der Waals surface area contributed by atoms with Crippen LogP contribution in [0.1, 0.15) is 24.0 Å². The van der Waals surface area contributed by atoms with E-state index in [1.807, 2.05) is 0 Å². The summed E-state index contributed by atoms with van der Waals surface area (Å²) in [4.78, 5) is 0. The fourth-order valence-electron chi connectivity index (χ4n) is 1.68. The summed E-state index contributed by atoms with van der Waals surface area (Å²) in [6.45, 7) is 2.24. The summed E-state index contributed by atoms with van der Waals surface area (Å²) in [6, 6.07) is 21.2. The van der Waals surface area contributed by atoms with Crippen LogP contribution in [0.25, 0.3) is 0 Å². The van der Waals surface area contributed by atoms with Gasteiger partial charge in [-0.25, -0.2) is 0 Å². The molecule has 0 aliphatic heterocycles. The van der Waals surface area contributed by atoms with Crippen LogP contribution >= 0.6 is 0 Å². The molecule has 2 radical (unpaired) electrons. The molecule has 0 spiro atoms. The van der Waals surface area contributed by atoms with E-state index in [-0.39, 0.29) is 23.9 Å². The van der Waals surface area contributed by atoms with Crippen LogP contribution in [-0.4, -0.2) is 23.9 Å². The van der Waals surface area contributed by atoms with Crippen molar-refractivity contribution in [3.63, 3.8) is 0 Å². The Balaban J connectivity index is 0.00000112. The minimum absolute atomic E-state index is 0. The van der Waals surface area contributed by atoms with Gasteiger partial charge in [-0.15, -0.1) is 0 Å². The third kappa shape index (κ3) is 3.10. The summed E-state index contributed by atoms with van der Waals surface area (Å²) in [7, 11) is 0. The summed E-state index contributed by atoms with van der Waals surface area (Å²) in [5, 5.41) is 0. The van der Waals surface area contributed by atoms with Crippen molar-refractivity contribution >= 4 is 23.9 Å². The first-order valence-corrected chi connectivity index (χ1v) is 4.98. The third-order valence-corrected chi connectivity index (χ3v) is 2.60. The molecule has 0 amide bonds. The monoisotopic (exact) mass is 304 g/mol. The Morgan fingerprint density at radius 3 is 1.33 bits per heavy atom. The quantitative estimate of drug-likeness (QED) is 0.748. The fourth-order valence-corrected chi connectivity index (χ4v) is 1.68. The van der Waals surface area contributed by atoms with Crippen LogP contribution in [0.5, 0.6) is 0 Å². The topological polar surface area (TPSA) is 0 Å².